The van der Waals surface area contributed by atoms with Crippen molar-refractivity contribution in [2.75, 3.05) is 0 Å². The van der Waals surface area contributed by atoms with Crippen molar-refractivity contribution in [1.82, 2.24) is 9.88 Å². The Morgan fingerprint density at radius 1 is 1.50 bits per heavy atom. The van der Waals surface area contributed by atoms with Gasteiger partial charge >= 0.3 is 5.97 Å². The lowest BCUT2D eigenvalue weighted by Gasteiger charge is -2.37. The number of carbonyl (C=O) groups is 2. The molecule has 1 atom stereocenters. The monoisotopic (exact) mass is 260 g/mol. The Balaban J connectivity index is 1.87. The molecule has 18 heavy (non-hydrogen) atoms. The van der Waals surface area contributed by atoms with Crippen LogP contribution in [0.5, 0.6) is 0 Å². The number of hydrogen-bond acceptors (Lipinski definition) is 4. The van der Waals surface area contributed by atoms with Crippen molar-refractivity contribution in [3.05, 3.63) is 46.8 Å². The fourth-order valence-corrected chi connectivity index (χ4v) is 3.01. The maximum Gasteiger partial charge on any atom is 0.353 e. The van der Waals surface area contributed by atoms with Gasteiger partial charge in [0, 0.05) is 11.6 Å². The van der Waals surface area contributed by atoms with Crippen LogP contribution >= 0.6 is 11.8 Å². The van der Waals surface area contributed by atoms with Crippen molar-refractivity contribution in [2.45, 2.75) is 5.37 Å². The molecule has 0 aliphatic carbocycles. The number of nitrogens with zero attached hydrogens (tertiary/aromatic N) is 2. The van der Waals surface area contributed by atoms with Crippen molar-refractivity contribution >= 4 is 29.7 Å². The van der Waals surface area contributed by atoms with Gasteiger partial charge in [0.25, 0.3) is 5.91 Å². The molecule has 0 saturated carbocycles. The molecule has 1 aromatic rings. The molecule has 0 aromatic carbocycles. The number of pyridine rings is 1. The molecule has 1 amide bonds. The van der Waals surface area contributed by atoms with E-state index in [2.05, 4.69) is 4.98 Å². The summed E-state index contributed by atoms with van der Waals surface area (Å²) in [6.45, 7) is 0. The van der Waals surface area contributed by atoms with E-state index in [4.69, 9.17) is 5.11 Å². The largest absolute Gasteiger partial charge is 0.477 e. The van der Waals surface area contributed by atoms with Gasteiger partial charge in [-0.1, -0.05) is 6.07 Å². The third kappa shape index (κ3) is 1.53. The number of β-lactam (4-membered cyclic amide) rings is 1. The number of rotatable bonds is 2. The van der Waals surface area contributed by atoms with Gasteiger partial charge in [-0.05, 0) is 18.2 Å². The Morgan fingerprint density at radius 3 is 3.00 bits per heavy atom. The first-order chi connectivity index (χ1) is 8.68. The molecule has 0 bridgehead atoms. The highest BCUT2D eigenvalue weighted by Gasteiger charge is 2.49. The van der Waals surface area contributed by atoms with Crippen LogP contribution in [0.1, 0.15) is 5.69 Å². The first-order valence-corrected chi connectivity index (χ1v) is 6.18. The van der Waals surface area contributed by atoms with Gasteiger partial charge in [-0.2, -0.15) is 0 Å². The molecule has 90 valence electrons. The summed E-state index contributed by atoms with van der Waals surface area (Å²) in [4.78, 5) is 28.2. The molecular weight excluding hydrogens is 252 g/mol. The molecule has 0 radical (unpaired) electrons. The third-order valence-electron chi connectivity index (χ3n) is 2.74. The Labute approximate surface area is 107 Å². The number of aliphatic carboxylic acids is 1. The van der Waals surface area contributed by atoms with Crippen LogP contribution in [-0.4, -0.2) is 32.2 Å². The average molecular weight is 260 g/mol. The highest BCUT2D eigenvalue weighted by atomic mass is 32.2. The van der Waals surface area contributed by atoms with Crippen LogP contribution in [0.3, 0.4) is 0 Å². The lowest BCUT2D eigenvalue weighted by molar-refractivity contribution is -0.141. The van der Waals surface area contributed by atoms with Gasteiger partial charge in [-0.15, -0.1) is 11.8 Å². The van der Waals surface area contributed by atoms with Crippen molar-refractivity contribution in [2.24, 2.45) is 0 Å². The number of fused-ring (bicyclic) bond motifs is 1. The molecule has 1 fully saturated rings. The zero-order valence-electron chi connectivity index (χ0n) is 9.11. The Morgan fingerprint density at radius 2 is 2.33 bits per heavy atom. The molecule has 3 heterocycles. The molecule has 5 nitrogen and oxygen atoms in total. The predicted molar refractivity (Wildman–Crippen MR) is 66.2 cm³/mol. The first kappa shape index (κ1) is 11.0. The Kier molecular flexibility index (Phi) is 2.45. The maximum atomic E-state index is 11.9. The van der Waals surface area contributed by atoms with Crippen LogP contribution in [0, 0.1) is 0 Å². The van der Waals surface area contributed by atoms with Crippen molar-refractivity contribution in [3.63, 3.8) is 0 Å². The lowest BCUT2D eigenvalue weighted by Crippen LogP contribution is -2.51. The summed E-state index contributed by atoms with van der Waals surface area (Å²) < 4.78 is 0. The molecular formula is C12H8N2O3S. The second kappa shape index (κ2) is 3.99. The van der Waals surface area contributed by atoms with Crippen LogP contribution in [-0.2, 0) is 9.59 Å². The van der Waals surface area contributed by atoms with E-state index in [-0.39, 0.29) is 17.0 Å². The Bertz CT molecular complexity index is 595. The summed E-state index contributed by atoms with van der Waals surface area (Å²) >= 11 is 1.33. The van der Waals surface area contributed by atoms with E-state index in [1.54, 1.807) is 24.4 Å². The molecule has 0 spiro atoms. The fourth-order valence-electron chi connectivity index (χ4n) is 1.89. The number of carboxylic acids is 1. The molecule has 2 aliphatic rings. The average Bonchev–Trinajstić information content (AvgIpc) is 2.77. The SMILES string of the molecule is O=C(O)C1=CS[C@@H]2/C(=C\c3ccccn3)C(=O)N12. The van der Waals surface area contributed by atoms with Crippen molar-refractivity contribution < 1.29 is 14.7 Å². The molecule has 1 aromatic heterocycles. The minimum absolute atomic E-state index is 0.0492. The van der Waals surface area contributed by atoms with E-state index in [0.29, 0.717) is 11.3 Å². The summed E-state index contributed by atoms with van der Waals surface area (Å²) in [6, 6.07) is 5.43. The molecule has 0 unspecified atom stereocenters. The molecule has 2 aliphatic heterocycles. The number of carboxylic acid groups (broad SMARTS) is 1. The van der Waals surface area contributed by atoms with Gasteiger partial charge in [-0.25, -0.2) is 4.79 Å². The van der Waals surface area contributed by atoms with Gasteiger partial charge < -0.3 is 5.11 Å². The van der Waals surface area contributed by atoms with E-state index >= 15 is 0 Å². The first-order valence-electron chi connectivity index (χ1n) is 5.23. The summed E-state index contributed by atoms with van der Waals surface area (Å²) in [6.07, 6.45) is 3.35. The highest BCUT2D eigenvalue weighted by molar-refractivity contribution is 8.03. The van der Waals surface area contributed by atoms with E-state index in [0.717, 1.165) is 0 Å². The van der Waals surface area contributed by atoms with Gasteiger partial charge in [0.05, 0.1) is 11.3 Å². The predicted octanol–water partition coefficient (Wildman–Crippen LogP) is 1.31. The smallest absolute Gasteiger partial charge is 0.353 e. The van der Waals surface area contributed by atoms with E-state index in [1.807, 2.05) is 6.07 Å². The van der Waals surface area contributed by atoms with Crippen LogP contribution < -0.4 is 0 Å². The summed E-state index contributed by atoms with van der Waals surface area (Å²) in [5.41, 5.74) is 1.34. The quantitative estimate of drug-likeness (QED) is 0.641. The minimum Gasteiger partial charge on any atom is -0.477 e. The topological polar surface area (TPSA) is 70.5 Å². The van der Waals surface area contributed by atoms with Gasteiger partial charge in [0.15, 0.2) is 0 Å². The fraction of sp³-hybridized carbons (Fsp3) is 0.0833. The maximum absolute atomic E-state index is 11.9. The number of carbonyl (C=O) groups excluding carboxylic acids is 1. The summed E-state index contributed by atoms with van der Waals surface area (Å²) in [5, 5.41) is 10.2. The van der Waals surface area contributed by atoms with Crippen molar-refractivity contribution in [3.8, 4) is 0 Å². The zero-order valence-corrected chi connectivity index (χ0v) is 9.92. The van der Waals surface area contributed by atoms with E-state index < -0.39 is 5.97 Å². The van der Waals surface area contributed by atoms with Gasteiger partial charge in [0.2, 0.25) is 0 Å². The van der Waals surface area contributed by atoms with E-state index in [1.165, 1.54) is 22.1 Å². The lowest BCUT2D eigenvalue weighted by atomic mass is 10.0. The molecule has 1 N–H and O–H groups in total. The van der Waals surface area contributed by atoms with E-state index in [9.17, 15) is 9.59 Å². The van der Waals surface area contributed by atoms with Crippen LogP contribution in [0.25, 0.3) is 6.08 Å². The molecule has 3 rings (SSSR count). The summed E-state index contributed by atoms with van der Waals surface area (Å²) in [5.74, 6) is -1.33. The third-order valence-corrected chi connectivity index (χ3v) is 3.83. The van der Waals surface area contributed by atoms with Crippen molar-refractivity contribution in [1.29, 1.82) is 0 Å². The van der Waals surface area contributed by atoms with Crippen LogP contribution in [0.4, 0.5) is 0 Å². The molecule has 6 heteroatoms. The Hall–Kier alpha value is -2.08. The highest BCUT2D eigenvalue weighted by Crippen LogP contribution is 2.44. The van der Waals surface area contributed by atoms with Gasteiger partial charge in [0.1, 0.15) is 11.1 Å². The zero-order chi connectivity index (χ0) is 12.7. The van der Waals surface area contributed by atoms with Crippen LogP contribution in [0.2, 0.25) is 0 Å². The summed E-state index contributed by atoms with van der Waals surface area (Å²) in [7, 11) is 0. The van der Waals surface area contributed by atoms with Gasteiger partial charge in [-0.3, -0.25) is 14.7 Å². The normalized spacial score (nSPS) is 23.7. The standard InChI is InChI=1S/C12H8N2O3S/c15-10-8(5-7-3-1-2-4-13-7)11-14(10)9(6-18-11)12(16)17/h1-6,11H,(H,16,17)/b8-5-/t11-/m1/s1. The number of thioether (sulfide) groups is 1. The second-order valence-electron chi connectivity index (χ2n) is 3.83. The minimum atomic E-state index is -1.07. The second-order valence-corrected chi connectivity index (χ2v) is 4.78. The number of hydrogen-bond donors (Lipinski definition) is 1. The number of amides is 1. The van der Waals surface area contributed by atoms with Crippen LogP contribution in [0.15, 0.2) is 41.1 Å². The molecule has 1 saturated heterocycles. The number of aromatic nitrogens is 1.